The Labute approximate surface area is 105 Å². The van der Waals surface area contributed by atoms with Crippen molar-refractivity contribution in [3.05, 3.63) is 23.5 Å². The van der Waals surface area contributed by atoms with Crippen LogP contribution in [0.3, 0.4) is 0 Å². The van der Waals surface area contributed by atoms with Crippen molar-refractivity contribution in [2.45, 2.75) is 56.5 Å². The minimum Gasteiger partial charge on any atom is -0.364 e. The molecule has 1 nitrogen and oxygen atoms in total. The summed E-state index contributed by atoms with van der Waals surface area (Å²) in [6, 6.07) is 1.98. The van der Waals surface area contributed by atoms with Crippen molar-refractivity contribution in [2.24, 2.45) is 5.92 Å². The van der Waals surface area contributed by atoms with E-state index < -0.39 is 12.1 Å². The van der Waals surface area contributed by atoms with E-state index in [1.54, 1.807) is 0 Å². The Balaban J connectivity index is 1.82. The summed E-state index contributed by atoms with van der Waals surface area (Å²) in [5.74, 6) is -0.900. The molecule has 0 amide bonds. The van der Waals surface area contributed by atoms with E-state index in [1.165, 1.54) is 12.8 Å². The summed E-state index contributed by atoms with van der Waals surface area (Å²) in [6.45, 7) is 0. The first-order chi connectivity index (χ1) is 8.55. The van der Waals surface area contributed by atoms with Crippen LogP contribution in [0, 0.1) is 5.92 Å². The average Bonchev–Trinajstić information content (AvgIpc) is 3.06. The SMILES string of the molecule is FC(F)(F)[C@H]1CCCC[C@@H]1c1c[nH]c(C2CC2)c1. The first kappa shape index (κ1) is 12.1. The third kappa shape index (κ3) is 2.29. The van der Waals surface area contributed by atoms with Crippen molar-refractivity contribution in [1.29, 1.82) is 0 Å². The van der Waals surface area contributed by atoms with E-state index in [9.17, 15) is 13.2 Å². The van der Waals surface area contributed by atoms with E-state index in [4.69, 9.17) is 0 Å². The molecule has 2 saturated carbocycles. The summed E-state index contributed by atoms with van der Waals surface area (Å²) >= 11 is 0. The normalized spacial score (nSPS) is 29.5. The van der Waals surface area contributed by atoms with Gasteiger partial charge in [0.1, 0.15) is 0 Å². The van der Waals surface area contributed by atoms with Crippen molar-refractivity contribution in [3.63, 3.8) is 0 Å². The van der Waals surface area contributed by atoms with Gasteiger partial charge < -0.3 is 4.98 Å². The molecule has 2 aliphatic rings. The first-order valence-corrected chi connectivity index (χ1v) is 6.80. The van der Waals surface area contributed by atoms with Gasteiger partial charge in [0.25, 0.3) is 0 Å². The number of aromatic nitrogens is 1. The molecule has 2 aliphatic carbocycles. The molecule has 100 valence electrons. The molecule has 1 aromatic heterocycles. The van der Waals surface area contributed by atoms with Gasteiger partial charge in [0.2, 0.25) is 0 Å². The molecular formula is C14H18F3N. The third-order valence-corrected chi connectivity index (χ3v) is 4.36. The molecule has 0 radical (unpaired) electrons. The summed E-state index contributed by atoms with van der Waals surface area (Å²) in [5.41, 5.74) is 2.01. The molecule has 0 saturated heterocycles. The predicted molar refractivity (Wildman–Crippen MR) is 63.5 cm³/mol. The summed E-state index contributed by atoms with van der Waals surface area (Å²) in [4.78, 5) is 3.17. The number of alkyl halides is 3. The number of aromatic amines is 1. The van der Waals surface area contributed by atoms with Crippen molar-refractivity contribution in [3.8, 4) is 0 Å². The van der Waals surface area contributed by atoms with Crippen LogP contribution in [-0.4, -0.2) is 11.2 Å². The van der Waals surface area contributed by atoms with Crippen molar-refractivity contribution < 1.29 is 13.2 Å². The monoisotopic (exact) mass is 257 g/mol. The Hall–Kier alpha value is -0.930. The van der Waals surface area contributed by atoms with Gasteiger partial charge in [0.05, 0.1) is 5.92 Å². The molecule has 3 rings (SSSR count). The second kappa shape index (κ2) is 4.32. The highest BCUT2D eigenvalue weighted by atomic mass is 19.4. The lowest BCUT2D eigenvalue weighted by Crippen LogP contribution is -2.31. The highest BCUT2D eigenvalue weighted by Gasteiger charge is 2.46. The minimum atomic E-state index is -4.05. The van der Waals surface area contributed by atoms with Gasteiger partial charge in [-0.1, -0.05) is 12.8 Å². The summed E-state index contributed by atoms with van der Waals surface area (Å²) < 4.78 is 39.1. The largest absolute Gasteiger partial charge is 0.392 e. The minimum absolute atomic E-state index is 0.290. The van der Waals surface area contributed by atoms with Crippen molar-refractivity contribution in [1.82, 2.24) is 4.98 Å². The van der Waals surface area contributed by atoms with Crippen LogP contribution >= 0.6 is 0 Å². The molecule has 1 N–H and O–H groups in total. The van der Waals surface area contributed by atoms with Gasteiger partial charge in [0, 0.05) is 11.9 Å². The van der Waals surface area contributed by atoms with Crippen LogP contribution in [-0.2, 0) is 0 Å². The van der Waals surface area contributed by atoms with E-state index in [0.717, 1.165) is 17.7 Å². The molecule has 0 unspecified atom stereocenters. The summed E-state index contributed by atoms with van der Waals surface area (Å²) in [6.07, 6.45) is 2.69. The predicted octanol–water partition coefficient (Wildman–Crippen LogP) is 4.73. The fourth-order valence-electron chi connectivity index (χ4n) is 3.20. The fourth-order valence-corrected chi connectivity index (χ4v) is 3.20. The average molecular weight is 257 g/mol. The lowest BCUT2D eigenvalue weighted by molar-refractivity contribution is -0.187. The van der Waals surface area contributed by atoms with E-state index >= 15 is 0 Å². The standard InChI is InChI=1S/C14H18F3N/c15-14(16,17)12-4-2-1-3-11(12)10-7-13(18-8-10)9-5-6-9/h7-9,11-12,18H,1-6H2/t11-,12+/m1/s1. The van der Waals surface area contributed by atoms with Crippen LogP contribution in [0.2, 0.25) is 0 Å². The van der Waals surface area contributed by atoms with Crippen LogP contribution in [0.15, 0.2) is 12.3 Å². The zero-order valence-corrected chi connectivity index (χ0v) is 10.3. The van der Waals surface area contributed by atoms with Crippen LogP contribution < -0.4 is 0 Å². The molecule has 1 aromatic rings. The van der Waals surface area contributed by atoms with Gasteiger partial charge in [0.15, 0.2) is 0 Å². The lowest BCUT2D eigenvalue weighted by atomic mass is 9.76. The second-order valence-corrected chi connectivity index (χ2v) is 5.70. The van der Waals surface area contributed by atoms with E-state index in [2.05, 4.69) is 4.98 Å². The topological polar surface area (TPSA) is 15.8 Å². The Kier molecular flexibility index (Phi) is 2.91. The Morgan fingerprint density at radius 1 is 1.06 bits per heavy atom. The highest BCUT2D eigenvalue weighted by molar-refractivity contribution is 5.27. The Morgan fingerprint density at radius 2 is 1.78 bits per heavy atom. The lowest BCUT2D eigenvalue weighted by Gasteiger charge is -2.32. The van der Waals surface area contributed by atoms with Crippen LogP contribution in [0.1, 0.15) is 61.6 Å². The molecule has 4 heteroatoms. The van der Waals surface area contributed by atoms with E-state index in [0.29, 0.717) is 18.8 Å². The van der Waals surface area contributed by atoms with E-state index in [-0.39, 0.29) is 12.3 Å². The van der Waals surface area contributed by atoms with Crippen molar-refractivity contribution >= 4 is 0 Å². The molecule has 18 heavy (non-hydrogen) atoms. The van der Waals surface area contributed by atoms with E-state index in [1.807, 2.05) is 12.3 Å². The zero-order chi connectivity index (χ0) is 12.8. The fraction of sp³-hybridized carbons (Fsp3) is 0.714. The van der Waals surface area contributed by atoms with Crippen molar-refractivity contribution in [2.75, 3.05) is 0 Å². The number of rotatable bonds is 2. The summed E-state index contributed by atoms with van der Waals surface area (Å²) in [5, 5.41) is 0. The number of hydrogen-bond acceptors (Lipinski definition) is 0. The number of halogens is 3. The van der Waals surface area contributed by atoms with Crippen LogP contribution in [0.5, 0.6) is 0 Å². The number of nitrogens with one attached hydrogen (secondary N) is 1. The van der Waals surface area contributed by atoms with Gasteiger partial charge >= 0.3 is 6.18 Å². The van der Waals surface area contributed by atoms with Gasteiger partial charge in [-0.2, -0.15) is 13.2 Å². The maximum absolute atomic E-state index is 13.0. The Bertz CT molecular complexity index is 417. The van der Waals surface area contributed by atoms with Crippen LogP contribution in [0.25, 0.3) is 0 Å². The Morgan fingerprint density at radius 3 is 2.44 bits per heavy atom. The maximum atomic E-state index is 13.0. The summed E-state index contributed by atoms with van der Waals surface area (Å²) in [7, 11) is 0. The first-order valence-electron chi connectivity index (χ1n) is 6.80. The number of H-pyrrole nitrogens is 1. The number of hydrogen-bond donors (Lipinski definition) is 1. The quantitative estimate of drug-likeness (QED) is 0.788. The van der Waals surface area contributed by atoms with Gasteiger partial charge in [-0.05, 0) is 49.1 Å². The molecule has 0 spiro atoms. The zero-order valence-electron chi connectivity index (χ0n) is 10.3. The molecule has 0 aliphatic heterocycles. The molecular weight excluding hydrogens is 239 g/mol. The second-order valence-electron chi connectivity index (χ2n) is 5.70. The molecule has 1 heterocycles. The molecule has 2 atom stereocenters. The maximum Gasteiger partial charge on any atom is 0.392 e. The van der Waals surface area contributed by atoms with Gasteiger partial charge in [-0.3, -0.25) is 0 Å². The third-order valence-electron chi connectivity index (χ3n) is 4.36. The van der Waals surface area contributed by atoms with Gasteiger partial charge in [-0.25, -0.2) is 0 Å². The molecule has 0 bridgehead atoms. The molecule has 2 fully saturated rings. The van der Waals surface area contributed by atoms with Gasteiger partial charge in [-0.15, -0.1) is 0 Å². The smallest absolute Gasteiger partial charge is 0.364 e. The molecule has 0 aromatic carbocycles. The van der Waals surface area contributed by atoms with Crippen LogP contribution in [0.4, 0.5) is 13.2 Å². The highest BCUT2D eigenvalue weighted by Crippen LogP contribution is 2.47.